The van der Waals surface area contributed by atoms with E-state index in [2.05, 4.69) is 0 Å². The maximum Gasteiger partial charge on any atom is 0.260 e. The molecule has 21 heavy (non-hydrogen) atoms. The molecule has 4 nitrogen and oxygen atoms in total. The van der Waals surface area contributed by atoms with Crippen LogP contribution >= 0.6 is 11.6 Å². The van der Waals surface area contributed by atoms with Gasteiger partial charge < -0.3 is 14.7 Å². The largest absolute Gasteiger partial charge is 0.483 e. The van der Waals surface area contributed by atoms with Gasteiger partial charge >= 0.3 is 0 Å². The molecule has 1 N–H and O–H groups in total. The molecule has 0 radical (unpaired) electrons. The van der Waals surface area contributed by atoms with Crippen LogP contribution < -0.4 is 4.74 Å². The highest BCUT2D eigenvalue weighted by Gasteiger charge is 2.27. The molecular formula is C16H22ClNO3. The molecule has 116 valence electrons. The highest BCUT2D eigenvalue weighted by atomic mass is 35.5. The molecule has 1 unspecified atom stereocenters. The predicted octanol–water partition coefficient (Wildman–Crippen LogP) is 2.79. The van der Waals surface area contributed by atoms with Gasteiger partial charge in [0, 0.05) is 18.1 Å². The number of halogens is 1. The summed E-state index contributed by atoms with van der Waals surface area (Å²) in [5.41, 5.74) is 0.247. The summed E-state index contributed by atoms with van der Waals surface area (Å²) >= 11 is 5.89. The van der Waals surface area contributed by atoms with Crippen molar-refractivity contribution in [1.82, 2.24) is 4.90 Å². The molecule has 1 aliphatic rings. The van der Waals surface area contributed by atoms with E-state index in [1.807, 2.05) is 19.9 Å². The smallest absolute Gasteiger partial charge is 0.260 e. The molecular weight excluding hydrogens is 290 g/mol. The number of benzene rings is 1. The summed E-state index contributed by atoms with van der Waals surface area (Å²) in [6.07, 6.45) is 2.16. The lowest BCUT2D eigenvalue weighted by molar-refractivity contribution is -0.133. The van der Waals surface area contributed by atoms with Gasteiger partial charge in [0.05, 0.1) is 5.60 Å². The zero-order valence-corrected chi connectivity index (χ0v) is 13.3. The molecule has 1 aromatic rings. The third-order valence-corrected chi connectivity index (χ3v) is 4.14. The quantitative estimate of drug-likeness (QED) is 0.934. The Morgan fingerprint density at radius 3 is 2.90 bits per heavy atom. The summed E-state index contributed by atoms with van der Waals surface area (Å²) in [6.45, 7) is 5.00. The lowest BCUT2D eigenvalue weighted by atomic mass is 9.98. The van der Waals surface area contributed by atoms with Crippen LogP contribution in [0.2, 0.25) is 5.02 Å². The second-order valence-corrected chi connectivity index (χ2v) is 6.37. The van der Waals surface area contributed by atoms with Crippen molar-refractivity contribution < 1.29 is 14.6 Å². The summed E-state index contributed by atoms with van der Waals surface area (Å²) in [5.74, 6) is 0.636. The Bertz CT molecular complexity index is 516. The first kappa shape index (κ1) is 16.1. The number of rotatable bonds is 3. The second kappa shape index (κ2) is 6.67. The number of likely N-dealkylation sites (tertiary alicyclic amines) is 1. The van der Waals surface area contributed by atoms with Crippen LogP contribution in [0.25, 0.3) is 0 Å². The Labute approximate surface area is 130 Å². The maximum absolute atomic E-state index is 12.2. The maximum atomic E-state index is 12.2. The first-order valence-corrected chi connectivity index (χ1v) is 7.64. The van der Waals surface area contributed by atoms with Crippen molar-refractivity contribution in [2.24, 2.45) is 0 Å². The average molecular weight is 312 g/mol. The van der Waals surface area contributed by atoms with Gasteiger partial charge in [-0.3, -0.25) is 4.79 Å². The van der Waals surface area contributed by atoms with Gasteiger partial charge in [-0.1, -0.05) is 11.6 Å². The molecule has 0 spiro atoms. The number of aryl methyl sites for hydroxylation is 1. The van der Waals surface area contributed by atoms with Crippen LogP contribution in [0, 0.1) is 6.92 Å². The fraction of sp³-hybridized carbons (Fsp3) is 0.562. The van der Waals surface area contributed by atoms with Gasteiger partial charge in [0.25, 0.3) is 5.91 Å². The van der Waals surface area contributed by atoms with Gasteiger partial charge in [-0.15, -0.1) is 0 Å². The van der Waals surface area contributed by atoms with Crippen LogP contribution in [0.15, 0.2) is 18.2 Å². The van der Waals surface area contributed by atoms with E-state index in [0.29, 0.717) is 30.3 Å². The molecule has 1 fully saturated rings. The van der Waals surface area contributed by atoms with Gasteiger partial charge in [-0.05, 0) is 56.9 Å². The number of hydrogen-bond acceptors (Lipinski definition) is 3. The van der Waals surface area contributed by atoms with E-state index < -0.39 is 5.60 Å². The van der Waals surface area contributed by atoms with E-state index in [1.54, 1.807) is 17.0 Å². The molecule has 5 heteroatoms. The molecule has 1 amide bonds. The lowest BCUT2D eigenvalue weighted by Gasteiger charge is -2.22. The van der Waals surface area contributed by atoms with Gasteiger partial charge in [-0.25, -0.2) is 0 Å². The summed E-state index contributed by atoms with van der Waals surface area (Å²) in [5, 5.41) is 10.7. The zero-order valence-electron chi connectivity index (χ0n) is 12.6. The Morgan fingerprint density at radius 1 is 1.43 bits per heavy atom. The minimum atomic E-state index is -0.664. The third kappa shape index (κ3) is 4.61. The standard InChI is InChI=1S/C16H22ClNO3/c1-12-10-13(17)4-5-14(12)21-11-15(19)18-8-3-6-16(2,20)7-9-18/h4-5,10,20H,3,6-9,11H2,1-2H3. The first-order valence-electron chi connectivity index (χ1n) is 7.26. The van der Waals surface area contributed by atoms with Gasteiger partial charge in [0.15, 0.2) is 6.61 Å². The average Bonchev–Trinajstić information content (AvgIpc) is 2.58. The van der Waals surface area contributed by atoms with Crippen molar-refractivity contribution in [1.29, 1.82) is 0 Å². The number of nitrogens with zero attached hydrogens (tertiary/aromatic N) is 1. The highest BCUT2D eigenvalue weighted by molar-refractivity contribution is 6.30. The minimum absolute atomic E-state index is 0.0185. The summed E-state index contributed by atoms with van der Waals surface area (Å²) in [6, 6.07) is 5.33. The Morgan fingerprint density at radius 2 is 2.19 bits per heavy atom. The summed E-state index contributed by atoms with van der Waals surface area (Å²) in [7, 11) is 0. The number of hydrogen-bond donors (Lipinski definition) is 1. The summed E-state index contributed by atoms with van der Waals surface area (Å²) < 4.78 is 5.59. The molecule has 0 aliphatic carbocycles. The van der Waals surface area contributed by atoms with Gasteiger partial charge in [-0.2, -0.15) is 0 Å². The predicted molar refractivity (Wildman–Crippen MR) is 82.7 cm³/mol. The van der Waals surface area contributed by atoms with E-state index >= 15 is 0 Å². The van der Waals surface area contributed by atoms with E-state index in [-0.39, 0.29) is 12.5 Å². The molecule has 1 atom stereocenters. The van der Waals surface area contributed by atoms with Crippen molar-refractivity contribution in [2.75, 3.05) is 19.7 Å². The number of aliphatic hydroxyl groups is 1. The van der Waals surface area contributed by atoms with Gasteiger partial charge in [0.1, 0.15) is 5.75 Å². The molecule has 0 saturated carbocycles. The molecule has 1 aliphatic heterocycles. The number of ether oxygens (including phenoxy) is 1. The van der Waals surface area contributed by atoms with Crippen LogP contribution in [0.1, 0.15) is 31.7 Å². The normalized spacial score (nSPS) is 22.8. The van der Waals surface area contributed by atoms with E-state index in [4.69, 9.17) is 16.3 Å². The topological polar surface area (TPSA) is 49.8 Å². The Balaban J connectivity index is 1.89. The molecule has 1 saturated heterocycles. The van der Waals surface area contributed by atoms with Gasteiger partial charge in [0.2, 0.25) is 0 Å². The SMILES string of the molecule is Cc1cc(Cl)ccc1OCC(=O)N1CCCC(C)(O)CC1. The van der Waals surface area contributed by atoms with E-state index in [9.17, 15) is 9.90 Å². The van der Waals surface area contributed by atoms with Crippen molar-refractivity contribution in [3.63, 3.8) is 0 Å². The monoisotopic (exact) mass is 311 g/mol. The minimum Gasteiger partial charge on any atom is -0.483 e. The number of amides is 1. The van der Waals surface area contributed by atoms with Crippen molar-refractivity contribution >= 4 is 17.5 Å². The number of carbonyl (C=O) groups excluding carboxylic acids is 1. The zero-order chi connectivity index (χ0) is 15.5. The molecule has 2 rings (SSSR count). The van der Waals surface area contributed by atoms with Crippen LogP contribution in [0.3, 0.4) is 0 Å². The molecule has 1 heterocycles. The van der Waals surface area contributed by atoms with Crippen molar-refractivity contribution in [3.05, 3.63) is 28.8 Å². The summed E-state index contributed by atoms with van der Waals surface area (Å²) in [4.78, 5) is 14.0. The number of carbonyl (C=O) groups is 1. The molecule has 1 aromatic carbocycles. The third-order valence-electron chi connectivity index (χ3n) is 3.90. The van der Waals surface area contributed by atoms with E-state index in [0.717, 1.165) is 18.4 Å². The fourth-order valence-electron chi connectivity index (χ4n) is 2.52. The van der Waals surface area contributed by atoms with E-state index in [1.165, 1.54) is 0 Å². The Hall–Kier alpha value is -1.26. The fourth-order valence-corrected chi connectivity index (χ4v) is 2.74. The van der Waals surface area contributed by atoms with Crippen LogP contribution in [-0.2, 0) is 4.79 Å². The second-order valence-electron chi connectivity index (χ2n) is 5.93. The van der Waals surface area contributed by atoms with Crippen molar-refractivity contribution in [2.45, 2.75) is 38.7 Å². The van der Waals surface area contributed by atoms with Crippen LogP contribution in [0.5, 0.6) is 5.75 Å². The molecule has 0 bridgehead atoms. The Kier molecular flexibility index (Phi) is 5.12. The van der Waals surface area contributed by atoms with Crippen LogP contribution in [-0.4, -0.2) is 41.2 Å². The highest BCUT2D eigenvalue weighted by Crippen LogP contribution is 2.23. The van der Waals surface area contributed by atoms with Crippen molar-refractivity contribution in [3.8, 4) is 5.75 Å². The van der Waals surface area contributed by atoms with Crippen LogP contribution in [0.4, 0.5) is 0 Å². The first-order chi connectivity index (χ1) is 9.87. The molecule has 0 aromatic heterocycles. The lowest BCUT2D eigenvalue weighted by Crippen LogP contribution is -2.36.